The van der Waals surface area contributed by atoms with Crippen molar-refractivity contribution in [3.8, 4) is 5.88 Å². The van der Waals surface area contributed by atoms with E-state index in [2.05, 4.69) is 23.8 Å². The minimum atomic E-state index is 0.207. The summed E-state index contributed by atoms with van der Waals surface area (Å²) < 4.78 is 1.77. The first-order chi connectivity index (χ1) is 7.08. The zero-order valence-electron chi connectivity index (χ0n) is 8.81. The van der Waals surface area contributed by atoms with Gasteiger partial charge in [-0.05, 0) is 5.92 Å². The lowest BCUT2D eigenvalue weighted by atomic mass is 10.2. The van der Waals surface area contributed by atoms with Crippen LogP contribution in [-0.4, -0.2) is 19.6 Å². The molecule has 0 spiro atoms. The topological polar surface area (TPSA) is 77.0 Å². The molecule has 0 bridgehead atoms. The number of rotatable bonds is 2. The number of nitrogen functional groups attached to an aromatic ring is 1. The molecule has 0 aliphatic carbocycles. The van der Waals surface area contributed by atoms with E-state index in [1.807, 2.05) is 0 Å². The van der Waals surface area contributed by atoms with Gasteiger partial charge in [0.2, 0.25) is 11.8 Å². The van der Waals surface area contributed by atoms with Gasteiger partial charge in [-0.3, -0.25) is 0 Å². The Kier molecular flexibility index (Phi) is 2.22. The summed E-state index contributed by atoms with van der Waals surface area (Å²) in [6.07, 6.45) is 3.34. The summed E-state index contributed by atoms with van der Waals surface area (Å²) >= 11 is 0. The predicted molar refractivity (Wildman–Crippen MR) is 58.4 cm³/mol. The van der Waals surface area contributed by atoms with Crippen molar-refractivity contribution >= 4 is 16.9 Å². The fourth-order valence-corrected chi connectivity index (χ4v) is 1.58. The van der Waals surface area contributed by atoms with Gasteiger partial charge in [0.25, 0.3) is 0 Å². The smallest absolute Gasteiger partial charge is 0.220 e. The molecule has 0 amide bonds. The molecule has 0 atom stereocenters. The van der Waals surface area contributed by atoms with Gasteiger partial charge in [-0.15, -0.1) is 0 Å². The number of fused-ring (bicyclic) bond motifs is 1. The number of hydrogen-bond acceptors (Lipinski definition) is 4. The van der Waals surface area contributed by atoms with Crippen LogP contribution >= 0.6 is 0 Å². The van der Waals surface area contributed by atoms with Crippen LogP contribution < -0.4 is 5.73 Å². The second-order valence-corrected chi connectivity index (χ2v) is 4.03. The summed E-state index contributed by atoms with van der Waals surface area (Å²) in [5.41, 5.74) is 6.15. The van der Waals surface area contributed by atoms with Crippen molar-refractivity contribution in [3.63, 3.8) is 0 Å². The summed E-state index contributed by atoms with van der Waals surface area (Å²) in [6, 6.07) is 0. The lowest BCUT2D eigenvalue weighted by Crippen LogP contribution is -2.01. The molecule has 2 aromatic rings. The number of aromatic hydroxyl groups is 1. The van der Waals surface area contributed by atoms with E-state index in [1.165, 1.54) is 0 Å². The van der Waals surface area contributed by atoms with Crippen LogP contribution in [0.15, 0.2) is 12.4 Å². The van der Waals surface area contributed by atoms with Gasteiger partial charge >= 0.3 is 0 Å². The zero-order valence-corrected chi connectivity index (χ0v) is 8.81. The Bertz CT molecular complexity index is 489. The third-order valence-electron chi connectivity index (χ3n) is 2.19. The summed E-state index contributed by atoms with van der Waals surface area (Å²) in [5, 5.41) is 10.5. The maximum Gasteiger partial charge on any atom is 0.220 e. The summed E-state index contributed by atoms with van der Waals surface area (Å²) in [6.45, 7) is 4.93. The molecule has 0 saturated carbocycles. The Morgan fingerprint density at radius 1 is 1.53 bits per heavy atom. The Hall–Kier alpha value is -1.78. The lowest BCUT2D eigenvalue weighted by Gasteiger charge is -2.06. The molecule has 0 saturated heterocycles. The highest BCUT2D eigenvalue weighted by atomic mass is 16.3. The van der Waals surface area contributed by atoms with Crippen LogP contribution in [0.25, 0.3) is 10.9 Å². The number of hydrogen-bond donors (Lipinski definition) is 2. The van der Waals surface area contributed by atoms with E-state index >= 15 is 0 Å². The molecule has 0 aliphatic rings. The van der Waals surface area contributed by atoms with Gasteiger partial charge in [0, 0.05) is 18.9 Å². The Morgan fingerprint density at radius 2 is 2.27 bits per heavy atom. The van der Waals surface area contributed by atoms with E-state index in [4.69, 9.17) is 5.73 Å². The summed E-state index contributed by atoms with van der Waals surface area (Å²) in [5.74, 6) is 0.894. The van der Waals surface area contributed by atoms with Crippen molar-refractivity contribution in [2.75, 3.05) is 5.73 Å². The summed E-state index contributed by atoms with van der Waals surface area (Å²) in [7, 11) is 0. The molecule has 2 aromatic heterocycles. The Balaban J connectivity index is 2.54. The molecule has 0 unspecified atom stereocenters. The molecule has 2 rings (SSSR count). The highest BCUT2D eigenvalue weighted by Gasteiger charge is 2.10. The second-order valence-electron chi connectivity index (χ2n) is 4.03. The first-order valence-electron chi connectivity index (χ1n) is 4.88. The van der Waals surface area contributed by atoms with Crippen LogP contribution in [0.4, 0.5) is 5.95 Å². The average molecular weight is 206 g/mol. The van der Waals surface area contributed by atoms with E-state index in [-0.39, 0.29) is 11.8 Å². The fourth-order valence-electron chi connectivity index (χ4n) is 1.58. The van der Waals surface area contributed by atoms with Gasteiger partial charge in [-0.2, -0.15) is 0 Å². The number of anilines is 1. The molecular formula is C10H14N4O. The quantitative estimate of drug-likeness (QED) is 0.778. The molecule has 0 aromatic carbocycles. The molecule has 0 fully saturated rings. The van der Waals surface area contributed by atoms with Gasteiger partial charge in [0.05, 0.1) is 10.9 Å². The Morgan fingerprint density at radius 3 is 2.93 bits per heavy atom. The highest BCUT2D eigenvalue weighted by molar-refractivity contribution is 5.84. The molecule has 0 radical (unpaired) electrons. The van der Waals surface area contributed by atoms with Crippen LogP contribution in [0, 0.1) is 5.92 Å². The first-order valence-corrected chi connectivity index (χ1v) is 4.88. The number of aromatic nitrogens is 3. The van der Waals surface area contributed by atoms with Crippen LogP contribution in [0.2, 0.25) is 0 Å². The van der Waals surface area contributed by atoms with Gasteiger partial charge in [-0.1, -0.05) is 13.8 Å². The van der Waals surface area contributed by atoms with E-state index in [1.54, 1.807) is 17.0 Å². The lowest BCUT2D eigenvalue weighted by molar-refractivity contribution is 0.399. The SMILES string of the molecule is CC(C)Cn1cc2nc(N)ncc2c1O. The van der Waals surface area contributed by atoms with Crippen LogP contribution in [0.3, 0.4) is 0 Å². The van der Waals surface area contributed by atoms with E-state index in [0.29, 0.717) is 16.8 Å². The molecule has 5 heteroatoms. The normalized spacial score (nSPS) is 11.4. The maximum absolute atomic E-state index is 9.87. The molecule has 80 valence electrons. The second kappa shape index (κ2) is 3.42. The minimum absolute atomic E-state index is 0.207. The van der Waals surface area contributed by atoms with Gasteiger partial charge in [0.15, 0.2) is 0 Å². The predicted octanol–water partition coefficient (Wildman–Crippen LogP) is 1.38. The standard InChI is InChI=1S/C10H14N4O/c1-6(2)4-14-5-8-7(9(14)15)3-12-10(11)13-8/h3,5-6,15H,4H2,1-2H3,(H2,11,13). The van der Waals surface area contributed by atoms with Crippen LogP contribution in [0.5, 0.6) is 5.88 Å². The summed E-state index contributed by atoms with van der Waals surface area (Å²) in [4.78, 5) is 7.90. The van der Waals surface area contributed by atoms with Crippen molar-refractivity contribution in [3.05, 3.63) is 12.4 Å². The third kappa shape index (κ3) is 1.72. The van der Waals surface area contributed by atoms with Crippen molar-refractivity contribution in [1.82, 2.24) is 14.5 Å². The highest BCUT2D eigenvalue weighted by Crippen LogP contribution is 2.26. The van der Waals surface area contributed by atoms with E-state index in [9.17, 15) is 5.11 Å². The monoisotopic (exact) mass is 206 g/mol. The van der Waals surface area contributed by atoms with Gasteiger partial charge < -0.3 is 15.4 Å². The van der Waals surface area contributed by atoms with E-state index in [0.717, 1.165) is 6.54 Å². The van der Waals surface area contributed by atoms with Crippen LogP contribution in [0.1, 0.15) is 13.8 Å². The van der Waals surface area contributed by atoms with Gasteiger partial charge in [0.1, 0.15) is 0 Å². The van der Waals surface area contributed by atoms with Crippen LogP contribution in [-0.2, 0) is 6.54 Å². The minimum Gasteiger partial charge on any atom is -0.494 e. The number of nitrogens with two attached hydrogens (primary N) is 1. The Labute approximate surface area is 87.6 Å². The fraction of sp³-hybridized carbons (Fsp3) is 0.400. The molecule has 2 heterocycles. The molecule has 3 N–H and O–H groups in total. The van der Waals surface area contributed by atoms with E-state index < -0.39 is 0 Å². The zero-order chi connectivity index (χ0) is 11.0. The van der Waals surface area contributed by atoms with Crippen molar-refractivity contribution in [2.45, 2.75) is 20.4 Å². The molecular weight excluding hydrogens is 192 g/mol. The average Bonchev–Trinajstić information content (AvgIpc) is 2.42. The molecule has 5 nitrogen and oxygen atoms in total. The first kappa shape index (κ1) is 9.76. The number of nitrogens with zero attached hydrogens (tertiary/aromatic N) is 3. The van der Waals surface area contributed by atoms with Crippen molar-refractivity contribution in [2.24, 2.45) is 5.92 Å². The molecule has 0 aliphatic heterocycles. The van der Waals surface area contributed by atoms with Crippen molar-refractivity contribution in [1.29, 1.82) is 0 Å². The third-order valence-corrected chi connectivity index (χ3v) is 2.19. The molecule has 15 heavy (non-hydrogen) atoms. The largest absolute Gasteiger partial charge is 0.494 e. The van der Waals surface area contributed by atoms with Crippen molar-refractivity contribution < 1.29 is 5.11 Å². The maximum atomic E-state index is 9.87. The van der Waals surface area contributed by atoms with Gasteiger partial charge in [-0.25, -0.2) is 9.97 Å².